The number of ketones is 1. The number of carboxylic acids is 1. The fourth-order valence-electron chi connectivity index (χ4n) is 3.36. The Kier molecular flexibility index (Phi) is 6.77. The second kappa shape index (κ2) is 9.05. The van der Waals surface area contributed by atoms with E-state index in [0.717, 1.165) is 5.56 Å². The Labute approximate surface area is 168 Å². The maximum Gasteiger partial charge on any atom is 0.341 e. The van der Waals surface area contributed by atoms with Gasteiger partial charge in [-0.1, -0.05) is 50.7 Å². The lowest BCUT2D eigenvalue weighted by Gasteiger charge is -2.11. The zero-order chi connectivity index (χ0) is 20.3. The molecule has 0 aliphatic rings. The lowest BCUT2D eigenvalue weighted by Crippen LogP contribution is -2.24. The normalized spacial score (nSPS) is 10.4. The number of fused-ring (bicyclic) bond motifs is 1. The van der Waals surface area contributed by atoms with Crippen molar-refractivity contribution < 1.29 is 24.2 Å². The molecule has 3 N–H and O–H groups in total. The quantitative estimate of drug-likeness (QED) is 0.449. The van der Waals surface area contributed by atoms with Crippen LogP contribution in [0.4, 0.5) is 0 Å². The second-order valence-corrected chi connectivity index (χ2v) is 6.27. The van der Waals surface area contributed by atoms with Crippen molar-refractivity contribution in [1.29, 1.82) is 0 Å². The Morgan fingerprint density at radius 2 is 1.76 bits per heavy atom. The largest absolute Gasteiger partial charge is 0.481 e. The molecular formula is C22H24N2O5. The Morgan fingerprint density at radius 1 is 1.07 bits per heavy atom. The van der Waals surface area contributed by atoms with Crippen LogP contribution in [-0.2, 0) is 22.6 Å². The van der Waals surface area contributed by atoms with Gasteiger partial charge in [-0.15, -0.1) is 0 Å². The van der Waals surface area contributed by atoms with Gasteiger partial charge in [0.05, 0.1) is 16.5 Å². The van der Waals surface area contributed by atoms with Crippen LogP contribution < -0.4 is 10.5 Å². The van der Waals surface area contributed by atoms with Gasteiger partial charge in [-0.05, 0) is 24.1 Å². The summed E-state index contributed by atoms with van der Waals surface area (Å²) in [5.41, 5.74) is 7.79. The lowest BCUT2D eigenvalue weighted by atomic mass is 10.0. The van der Waals surface area contributed by atoms with E-state index in [0.29, 0.717) is 29.6 Å². The average Bonchev–Trinajstić information content (AvgIpc) is 3.00. The number of rotatable bonds is 8. The summed E-state index contributed by atoms with van der Waals surface area (Å²) in [4.78, 5) is 35.3. The van der Waals surface area contributed by atoms with Gasteiger partial charge in [0.15, 0.2) is 6.61 Å². The van der Waals surface area contributed by atoms with E-state index in [2.05, 4.69) is 0 Å². The fourth-order valence-corrected chi connectivity index (χ4v) is 3.36. The van der Waals surface area contributed by atoms with Crippen LogP contribution in [-0.4, -0.2) is 33.9 Å². The molecule has 0 bridgehead atoms. The number of ether oxygens (including phenoxy) is 1. The van der Waals surface area contributed by atoms with Crippen LogP contribution in [0, 0.1) is 0 Å². The van der Waals surface area contributed by atoms with Gasteiger partial charge in [0.25, 0.3) is 11.7 Å². The summed E-state index contributed by atoms with van der Waals surface area (Å²) in [6.07, 6.45) is 0.480. The summed E-state index contributed by atoms with van der Waals surface area (Å²) in [6.45, 7) is 1.80. The summed E-state index contributed by atoms with van der Waals surface area (Å²) in [5, 5.41) is 9.35. The third-order valence-corrected chi connectivity index (χ3v) is 4.48. The van der Waals surface area contributed by atoms with Crippen molar-refractivity contribution in [3.05, 3.63) is 65.4 Å². The number of carbonyl (C=O) groups is 3. The highest BCUT2D eigenvalue weighted by molar-refractivity contribution is 6.45. The number of Topliss-reactive ketones (excluding diaryl/α,β-unsaturated/α-hetero) is 1. The van der Waals surface area contributed by atoms with Gasteiger partial charge in [-0.2, -0.15) is 0 Å². The zero-order valence-corrected chi connectivity index (χ0v) is 15.3. The molecule has 29 heavy (non-hydrogen) atoms. The molecule has 1 heterocycles. The van der Waals surface area contributed by atoms with Crippen LogP contribution in [0.25, 0.3) is 10.9 Å². The summed E-state index contributed by atoms with van der Waals surface area (Å²) >= 11 is 0. The number of aromatic nitrogens is 1. The maximum atomic E-state index is 12.6. The first-order valence-electron chi connectivity index (χ1n) is 8.80. The number of nitrogens with zero attached hydrogens (tertiary/aromatic N) is 1. The minimum Gasteiger partial charge on any atom is -0.481 e. The van der Waals surface area contributed by atoms with E-state index in [9.17, 15) is 14.4 Å². The van der Waals surface area contributed by atoms with Crippen molar-refractivity contribution in [3.8, 4) is 5.75 Å². The predicted molar refractivity (Wildman–Crippen MR) is 110 cm³/mol. The first kappa shape index (κ1) is 21.7. The van der Waals surface area contributed by atoms with E-state index >= 15 is 0 Å². The Balaban J connectivity index is 0.00000300. The molecule has 7 heteroatoms. The molecule has 0 unspecified atom stereocenters. The number of aliphatic carboxylic acids is 1. The maximum absolute atomic E-state index is 12.6. The number of carboxylic acid groups (broad SMARTS) is 1. The lowest BCUT2D eigenvalue weighted by molar-refractivity contribution is -0.139. The van der Waals surface area contributed by atoms with Crippen LogP contribution in [0.5, 0.6) is 5.75 Å². The number of amides is 1. The summed E-state index contributed by atoms with van der Waals surface area (Å²) in [7, 11) is 0. The topological polar surface area (TPSA) is 112 Å². The molecule has 2 aromatic carbocycles. The Morgan fingerprint density at radius 3 is 2.34 bits per heavy atom. The highest BCUT2D eigenvalue weighted by Gasteiger charge is 2.27. The SMILES string of the molecule is C.CCc1c(C(=O)C(N)=O)c2c(OCC(=O)O)cccc2n1Cc1ccccc1. The molecule has 7 nitrogen and oxygen atoms in total. The number of hydrogen-bond donors (Lipinski definition) is 2. The second-order valence-electron chi connectivity index (χ2n) is 6.27. The number of benzene rings is 2. The third kappa shape index (κ3) is 4.29. The first-order valence-corrected chi connectivity index (χ1v) is 8.80. The minimum atomic E-state index is -1.14. The van der Waals surface area contributed by atoms with Crippen molar-refractivity contribution >= 4 is 28.6 Å². The van der Waals surface area contributed by atoms with Crippen LogP contribution in [0.3, 0.4) is 0 Å². The van der Waals surface area contributed by atoms with Crippen LogP contribution in [0.2, 0.25) is 0 Å². The first-order chi connectivity index (χ1) is 13.4. The van der Waals surface area contributed by atoms with Gasteiger partial charge in [0.1, 0.15) is 5.75 Å². The fraction of sp³-hybridized carbons (Fsp3) is 0.227. The molecule has 0 aliphatic heterocycles. The smallest absolute Gasteiger partial charge is 0.341 e. The van der Waals surface area contributed by atoms with Crippen LogP contribution >= 0.6 is 0 Å². The van der Waals surface area contributed by atoms with E-state index in [1.165, 1.54) is 0 Å². The van der Waals surface area contributed by atoms with Crippen molar-refractivity contribution in [2.45, 2.75) is 27.3 Å². The van der Waals surface area contributed by atoms with Crippen LogP contribution in [0.1, 0.15) is 36.0 Å². The van der Waals surface area contributed by atoms with Gasteiger partial charge in [-0.25, -0.2) is 4.79 Å². The highest BCUT2D eigenvalue weighted by Crippen LogP contribution is 2.35. The standard InChI is InChI=1S/C21H20N2O5.CH4/c1-2-14-19(20(26)21(22)27)18-15(9-6-10-16(18)28-12-17(24)25)23(14)11-13-7-4-3-5-8-13;/h3-10H,2,11-12H2,1H3,(H2,22,27)(H,24,25);1H4. The summed E-state index contributed by atoms with van der Waals surface area (Å²) in [5.74, 6) is -2.80. The van der Waals surface area contributed by atoms with Crippen molar-refractivity contribution in [1.82, 2.24) is 4.57 Å². The number of primary amides is 1. The molecule has 3 aromatic rings. The molecule has 0 spiro atoms. The number of carbonyl (C=O) groups excluding carboxylic acids is 2. The average molecular weight is 396 g/mol. The van der Waals surface area contributed by atoms with Crippen molar-refractivity contribution in [2.75, 3.05) is 6.61 Å². The van der Waals surface area contributed by atoms with Crippen molar-refractivity contribution in [3.63, 3.8) is 0 Å². The van der Waals surface area contributed by atoms with E-state index in [-0.39, 0.29) is 18.7 Å². The number of hydrogen-bond acceptors (Lipinski definition) is 4. The van der Waals surface area contributed by atoms with E-state index in [1.54, 1.807) is 12.1 Å². The minimum absolute atomic E-state index is 0. The molecule has 0 aliphatic carbocycles. The Hall–Kier alpha value is -3.61. The van der Waals surface area contributed by atoms with Gasteiger partial charge in [-0.3, -0.25) is 9.59 Å². The molecule has 152 valence electrons. The molecular weight excluding hydrogens is 372 g/mol. The molecule has 0 radical (unpaired) electrons. The van der Waals surface area contributed by atoms with E-state index in [1.807, 2.05) is 47.9 Å². The molecule has 0 saturated heterocycles. The Bertz CT molecular complexity index is 1050. The molecule has 0 fully saturated rings. The monoisotopic (exact) mass is 396 g/mol. The van der Waals surface area contributed by atoms with E-state index in [4.69, 9.17) is 15.6 Å². The van der Waals surface area contributed by atoms with Gasteiger partial charge >= 0.3 is 5.97 Å². The highest BCUT2D eigenvalue weighted by atomic mass is 16.5. The third-order valence-electron chi connectivity index (χ3n) is 4.48. The summed E-state index contributed by atoms with van der Waals surface area (Å²) in [6, 6.07) is 14.8. The van der Waals surface area contributed by atoms with Crippen molar-refractivity contribution in [2.24, 2.45) is 5.73 Å². The molecule has 3 rings (SSSR count). The molecule has 0 saturated carbocycles. The van der Waals surface area contributed by atoms with Gasteiger partial charge in [0.2, 0.25) is 0 Å². The molecule has 1 amide bonds. The number of nitrogens with two attached hydrogens (primary N) is 1. The predicted octanol–water partition coefficient (Wildman–Crippen LogP) is 3.02. The van der Waals surface area contributed by atoms with Crippen LogP contribution in [0.15, 0.2) is 48.5 Å². The molecule has 1 aromatic heterocycles. The van der Waals surface area contributed by atoms with Gasteiger partial charge in [0, 0.05) is 12.2 Å². The molecule has 0 atom stereocenters. The van der Waals surface area contributed by atoms with E-state index < -0.39 is 24.3 Å². The zero-order valence-electron chi connectivity index (χ0n) is 15.3. The summed E-state index contributed by atoms with van der Waals surface area (Å²) < 4.78 is 7.34. The van der Waals surface area contributed by atoms with Gasteiger partial charge < -0.3 is 20.1 Å².